The van der Waals surface area contributed by atoms with E-state index in [4.69, 9.17) is 18.9 Å². The molecule has 0 bridgehead atoms. The maximum Gasteiger partial charge on any atom is 0.252 e. The molecule has 190 valence electrons. The predicted molar refractivity (Wildman–Crippen MR) is 125 cm³/mol. The van der Waals surface area contributed by atoms with Gasteiger partial charge in [-0.25, -0.2) is 8.78 Å². The van der Waals surface area contributed by atoms with Crippen LogP contribution < -0.4 is 5.32 Å². The molecule has 4 rings (SSSR count). The molecule has 0 aromatic heterocycles. The van der Waals surface area contributed by atoms with Crippen molar-refractivity contribution in [2.24, 2.45) is 0 Å². The third-order valence-corrected chi connectivity index (χ3v) is 6.29. The molecule has 8 heteroatoms. The highest BCUT2D eigenvalue weighted by molar-refractivity contribution is 5.85. The van der Waals surface area contributed by atoms with Crippen LogP contribution in [0.2, 0.25) is 0 Å². The van der Waals surface area contributed by atoms with E-state index in [9.17, 15) is 13.6 Å². The number of hydrogen-bond donors (Lipinski definition) is 1. The summed E-state index contributed by atoms with van der Waals surface area (Å²) in [5, 5.41) is 2.98. The summed E-state index contributed by atoms with van der Waals surface area (Å²) < 4.78 is 51.6. The Bertz CT molecular complexity index is 1010. The Morgan fingerprint density at radius 1 is 0.971 bits per heavy atom. The number of carbonyl (C=O) groups excluding carboxylic acids is 1. The van der Waals surface area contributed by atoms with Crippen LogP contribution in [0.15, 0.2) is 48.5 Å². The number of nitrogens with one attached hydrogen (secondary N) is 1. The van der Waals surface area contributed by atoms with Gasteiger partial charge in [-0.05, 0) is 63.1 Å². The number of ether oxygens (including phenoxy) is 4. The van der Waals surface area contributed by atoms with Crippen LogP contribution in [0.3, 0.4) is 0 Å². The van der Waals surface area contributed by atoms with Crippen molar-refractivity contribution in [3.63, 3.8) is 0 Å². The Balaban J connectivity index is 1.59. The molecule has 1 unspecified atom stereocenters. The fourth-order valence-corrected chi connectivity index (χ4v) is 4.69. The quantitative estimate of drug-likeness (QED) is 0.585. The molecule has 1 amide bonds. The van der Waals surface area contributed by atoms with Gasteiger partial charge in [0.2, 0.25) is 0 Å². The second-order valence-electron chi connectivity index (χ2n) is 10.1. The fraction of sp³-hybridized carbons (Fsp3) is 0.519. The molecule has 0 spiro atoms. The highest BCUT2D eigenvalue weighted by atomic mass is 19.1. The average Bonchev–Trinajstić information content (AvgIpc) is 3.11. The summed E-state index contributed by atoms with van der Waals surface area (Å²) in [7, 11) is 0. The first kappa shape index (κ1) is 25.7. The highest BCUT2D eigenvalue weighted by Crippen LogP contribution is 2.44. The first-order valence-electron chi connectivity index (χ1n) is 12.0. The molecule has 2 aromatic carbocycles. The van der Waals surface area contributed by atoms with E-state index in [1.54, 1.807) is 24.3 Å². The lowest BCUT2D eigenvalue weighted by Gasteiger charge is -2.43. The van der Waals surface area contributed by atoms with Gasteiger partial charge in [0.25, 0.3) is 5.91 Å². The highest BCUT2D eigenvalue weighted by Gasteiger charge is 2.58. The van der Waals surface area contributed by atoms with E-state index in [0.29, 0.717) is 0 Å². The van der Waals surface area contributed by atoms with Gasteiger partial charge in [-0.3, -0.25) is 4.79 Å². The largest absolute Gasteiger partial charge is 0.371 e. The van der Waals surface area contributed by atoms with Crippen LogP contribution in [0.4, 0.5) is 8.78 Å². The van der Waals surface area contributed by atoms with Crippen molar-refractivity contribution in [3.8, 4) is 0 Å². The fourth-order valence-electron chi connectivity index (χ4n) is 4.69. The summed E-state index contributed by atoms with van der Waals surface area (Å²) in [5.74, 6) is -1.75. The number of carbonyl (C=O) groups is 1. The molecule has 4 atom stereocenters. The van der Waals surface area contributed by atoms with Crippen molar-refractivity contribution >= 4 is 5.91 Å². The Labute approximate surface area is 204 Å². The van der Waals surface area contributed by atoms with E-state index < -0.39 is 23.6 Å². The van der Waals surface area contributed by atoms with Crippen LogP contribution in [0, 0.1) is 11.6 Å². The van der Waals surface area contributed by atoms with E-state index in [2.05, 4.69) is 5.32 Å². The van der Waals surface area contributed by atoms with Crippen LogP contribution in [-0.4, -0.2) is 41.6 Å². The number of benzene rings is 2. The zero-order valence-corrected chi connectivity index (χ0v) is 20.6. The van der Waals surface area contributed by atoms with Gasteiger partial charge in [-0.1, -0.05) is 24.3 Å². The number of fused-ring (bicyclic) bond motifs is 1. The van der Waals surface area contributed by atoms with E-state index in [0.717, 1.165) is 11.1 Å². The van der Waals surface area contributed by atoms with E-state index >= 15 is 0 Å². The molecule has 1 saturated carbocycles. The molecule has 2 aromatic rings. The van der Waals surface area contributed by atoms with E-state index in [-0.39, 0.29) is 55.7 Å². The SMILES string of the molecule is CC(C)NC(=O)[C@@]1(OCc2ccc(F)cc2)CC(OCc2ccc(F)cc2)[C@@H]2OC(C)(C)O[C@@H]2C1. The van der Waals surface area contributed by atoms with Crippen LogP contribution in [0.1, 0.15) is 51.7 Å². The summed E-state index contributed by atoms with van der Waals surface area (Å²) in [6, 6.07) is 12.0. The molecular formula is C27H33F2NO5. The molecule has 1 saturated heterocycles. The third-order valence-electron chi connectivity index (χ3n) is 6.29. The molecule has 6 nitrogen and oxygen atoms in total. The monoisotopic (exact) mass is 489 g/mol. The molecule has 35 heavy (non-hydrogen) atoms. The first-order chi connectivity index (χ1) is 16.6. The minimum atomic E-state index is -1.24. The van der Waals surface area contributed by atoms with Crippen LogP contribution in [-0.2, 0) is 37.0 Å². The Hall–Kier alpha value is -2.39. The first-order valence-corrected chi connectivity index (χ1v) is 12.0. The zero-order chi connectivity index (χ0) is 25.2. The minimum Gasteiger partial charge on any atom is -0.371 e. The third kappa shape index (κ3) is 6.25. The predicted octanol–water partition coefficient (Wildman–Crippen LogP) is 4.64. The second-order valence-corrected chi connectivity index (χ2v) is 10.1. The van der Waals surface area contributed by atoms with Gasteiger partial charge in [0.15, 0.2) is 11.4 Å². The zero-order valence-electron chi connectivity index (χ0n) is 20.6. The van der Waals surface area contributed by atoms with Gasteiger partial charge in [0.05, 0.1) is 25.4 Å². The maximum atomic E-state index is 13.5. The standard InChI is InChI=1S/C27H33F2NO5/c1-17(2)30-25(31)27(33-16-19-7-11-21(29)12-8-19)13-22(24-23(14-27)34-26(3,4)35-24)32-15-18-5-9-20(28)10-6-18/h5-12,17,22-24H,13-16H2,1-4H3,(H,30,31)/t22?,23-,24+,27-/m1/s1. The molecule has 1 N–H and O–H groups in total. The summed E-state index contributed by atoms with van der Waals surface area (Å²) in [6.45, 7) is 7.78. The second kappa shape index (κ2) is 10.3. The lowest BCUT2D eigenvalue weighted by molar-refractivity contribution is -0.183. The van der Waals surface area contributed by atoms with Crippen LogP contribution in [0.25, 0.3) is 0 Å². The summed E-state index contributed by atoms with van der Waals surface area (Å²) in [4.78, 5) is 13.5. The number of halogens is 2. The van der Waals surface area contributed by atoms with E-state index in [1.165, 1.54) is 24.3 Å². The van der Waals surface area contributed by atoms with Crippen LogP contribution >= 0.6 is 0 Å². The lowest BCUT2D eigenvalue weighted by Crippen LogP contribution is -2.60. The number of amides is 1. The molecule has 1 aliphatic carbocycles. The Kier molecular flexibility index (Phi) is 7.57. The van der Waals surface area contributed by atoms with E-state index in [1.807, 2.05) is 27.7 Å². The van der Waals surface area contributed by atoms with Crippen molar-refractivity contribution in [2.45, 2.75) is 89.5 Å². The van der Waals surface area contributed by atoms with Crippen molar-refractivity contribution in [3.05, 3.63) is 71.3 Å². The maximum absolute atomic E-state index is 13.5. The normalized spacial score (nSPS) is 27.6. The molecule has 1 heterocycles. The molecule has 2 fully saturated rings. The van der Waals surface area contributed by atoms with Gasteiger partial charge < -0.3 is 24.3 Å². The molecule has 2 aliphatic rings. The average molecular weight is 490 g/mol. The summed E-state index contributed by atoms with van der Waals surface area (Å²) in [6.07, 6.45) is -0.791. The molecule has 0 radical (unpaired) electrons. The van der Waals surface area contributed by atoms with Gasteiger partial charge in [-0.15, -0.1) is 0 Å². The van der Waals surface area contributed by atoms with Crippen LogP contribution in [0.5, 0.6) is 0 Å². The number of hydrogen-bond acceptors (Lipinski definition) is 5. The summed E-state index contributed by atoms with van der Waals surface area (Å²) in [5.41, 5.74) is 0.311. The Morgan fingerprint density at radius 2 is 1.54 bits per heavy atom. The van der Waals surface area contributed by atoms with Gasteiger partial charge in [0, 0.05) is 18.9 Å². The smallest absolute Gasteiger partial charge is 0.252 e. The molecular weight excluding hydrogens is 456 g/mol. The van der Waals surface area contributed by atoms with Gasteiger partial charge in [-0.2, -0.15) is 0 Å². The summed E-state index contributed by atoms with van der Waals surface area (Å²) >= 11 is 0. The Morgan fingerprint density at radius 3 is 2.11 bits per heavy atom. The van der Waals surface area contributed by atoms with Crippen molar-refractivity contribution in [1.82, 2.24) is 5.32 Å². The van der Waals surface area contributed by atoms with Gasteiger partial charge >= 0.3 is 0 Å². The van der Waals surface area contributed by atoms with Crippen molar-refractivity contribution in [2.75, 3.05) is 0 Å². The lowest BCUT2D eigenvalue weighted by atomic mass is 9.78. The molecule has 1 aliphatic heterocycles. The minimum absolute atomic E-state index is 0.0951. The topological polar surface area (TPSA) is 66.0 Å². The van der Waals surface area contributed by atoms with Crippen molar-refractivity contribution in [1.29, 1.82) is 0 Å². The number of rotatable bonds is 8. The van der Waals surface area contributed by atoms with Crippen molar-refractivity contribution < 1.29 is 32.5 Å². The van der Waals surface area contributed by atoms with Gasteiger partial charge in [0.1, 0.15) is 17.7 Å².